The highest BCUT2D eigenvalue weighted by Gasteiger charge is 2.23. The fourth-order valence-electron chi connectivity index (χ4n) is 2.48. The second-order valence-electron chi connectivity index (χ2n) is 5.04. The molecule has 9 heteroatoms. The Morgan fingerprint density at radius 1 is 1.17 bits per heavy atom. The minimum absolute atomic E-state index is 0.573. The van der Waals surface area contributed by atoms with Crippen LogP contribution in [0.2, 0.25) is 0 Å². The van der Waals surface area contributed by atoms with Crippen molar-refractivity contribution in [3.8, 4) is 32.7 Å². The highest BCUT2D eigenvalue weighted by atomic mass is 32.1. The summed E-state index contributed by atoms with van der Waals surface area (Å²) in [7, 11) is 0. The third-order valence-corrected chi connectivity index (χ3v) is 5.36. The summed E-state index contributed by atoms with van der Waals surface area (Å²) in [5.74, 6) is 1.92. The topological polar surface area (TPSA) is 82.2 Å². The third kappa shape index (κ3) is 1.95. The van der Waals surface area contributed by atoms with E-state index in [0.29, 0.717) is 16.5 Å². The maximum atomic E-state index is 5.41. The second-order valence-corrected chi connectivity index (χ2v) is 6.95. The number of rotatable bonds is 3. The lowest BCUT2D eigenvalue weighted by atomic mass is 10.2. The van der Waals surface area contributed by atoms with Crippen LogP contribution in [0.15, 0.2) is 44.8 Å². The predicted molar refractivity (Wildman–Crippen MR) is 89.9 cm³/mol. The fraction of sp³-hybridized carbons (Fsp3) is 0.0667. The van der Waals surface area contributed by atoms with Gasteiger partial charge in [0, 0.05) is 0 Å². The lowest BCUT2D eigenvalue weighted by molar-refractivity contribution is 0.400. The number of nitrogens with zero attached hydrogens (tertiary/aromatic N) is 5. The van der Waals surface area contributed by atoms with E-state index >= 15 is 0 Å². The molecule has 0 fully saturated rings. The Morgan fingerprint density at radius 2 is 2.12 bits per heavy atom. The van der Waals surface area contributed by atoms with Gasteiger partial charge in [0.25, 0.3) is 0 Å². The van der Waals surface area contributed by atoms with E-state index in [2.05, 4.69) is 20.5 Å². The van der Waals surface area contributed by atoms with E-state index in [4.69, 9.17) is 8.94 Å². The van der Waals surface area contributed by atoms with E-state index in [1.54, 1.807) is 22.1 Å². The molecular weight excluding hydrogens is 346 g/mol. The molecule has 5 rings (SSSR count). The van der Waals surface area contributed by atoms with Crippen molar-refractivity contribution >= 4 is 27.6 Å². The molecule has 0 aromatic carbocycles. The standard InChI is InChI=1S/C15H9N5O2S2/c1-8-11(12(19-22-8)10-5-3-7-23-10)14-18-20-13(9-4-2-6-21-9)16-17-15(20)24-14/h2-7H,1H3. The minimum atomic E-state index is 0.573. The smallest absolute Gasteiger partial charge is 0.235 e. The molecule has 0 saturated carbocycles. The number of hydrogen-bond donors (Lipinski definition) is 0. The Hall–Kier alpha value is -2.78. The summed E-state index contributed by atoms with van der Waals surface area (Å²) in [4.78, 5) is 1.73. The van der Waals surface area contributed by atoms with Gasteiger partial charge in [-0.2, -0.15) is 9.61 Å². The largest absolute Gasteiger partial charge is 0.461 e. The van der Waals surface area contributed by atoms with Crippen LogP contribution in [0.5, 0.6) is 0 Å². The molecule has 24 heavy (non-hydrogen) atoms. The number of thiophene rings is 1. The van der Waals surface area contributed by atoms with Crippen LogP contribution < -0.4 is 0 Å². The third-order valence-electron chi connectivity index (χ3n) is 3.56. The maximum Gasteiger partial charge on any atom is 0.235 e. The minimum Gasteiger partial charge on any atom is -0.461 e. The summed E-state index contributed by atoms with van der Waals surface area (Å²) in [6.07, 6.45) is 1.60. The van der Waals surface area contributed by atoms with Gasteiger partial charge in [0.05, 0.1) is 16.7 Å². The number of furan rings is 1. The average Bonchev–Trinajstić information content (AvgIpc) is 3.35. The molecule has 7 nitrogen and oxygen atoms in total. The van der Waals surface area contributed by atoms with Crippen LogP contribution >= 0.6 is 22.7 Å². The molecule has 0 saturated heterocycles. The molecular formula is C15H9N5O2S2. The van der Waals surface area contributed by atoms with Crippen molar-refractivity contribution in [2.45, 2.75) is 6.92 Å². The molecule has 0 bridgehead atoms. The van der Waals surface area contributed by atoms with Gasteiger partial charge in [-0.15, -0.1) is 21.5 Å². The number of hydrogen-bond acceptors (Lipinski definition) is 8. The van der Waals surface area contributed by atoms with Gasteiger partial charge in [-0.05, 0) is 30.5 Å². The molecule has 0 aliphatic rings. The van der Waals surface area contributed by atoms with Crippen LogP contribution in [-0.4, -0.2) is 25.0 Å². The zero-order valence-electron chi connectivity index (χ0n) is 12.3. The zero-order chi connectivity index (χ0) is 16.1. The number of aromatic nitrogens is 5. The highest BCUT2D eigenvalue weighted by Crippen LogP contribution is 2.38. The van der Waals surface area contributed by atoms with Crippen molar-refractivity contribution in [1.29, 1.82) is 0 Å². The average molecular weight is 355 g/mol. The van der Waals surface area contributed by atoms with Gasteiger partial charge < -0.3 is 8.94 Å². The summed E-state index contributed by atoms with van der Waals surface area (Å²) in [5, 5.41) is 20.0. The molecule has 118 valence electrons. The number of fused-ring (bicyclic) bond motifs is 1. The Morgan fingerprint density at radius 3 is 2.92 bits per heavy atom. The highest BCUT2D eigenvalue weighted by molar-refractivity contribution is 7.20. The first-order chi connectivity index (χ1) is 11.8. The fourth-order valence-corrected chi connectivity index (χ4v) is 4.13. The summed E-state index contributed by atoms with van der Waals surface area (Å²) in [6.45, 7) is 1.88. The van der Waals surface area contributed by atoms with Crippen molar-refractivity contribution in [3.63, 3.8) is 0 Å². The lowest BCUT2D eigenvalue weighted by Gasteiger charge is -1.95. The molecule has 0 spiro atoms. The number of aryl methyl sites for hydroxylation is 1. The van der Waals surface area contributed by atoms with Crippen LogP contribution in [0.4, 0.5) is 0 Å². The normalized spacial score (nSPS) is 11.5. The molecule has 0 aliphatic carbocycles. The maximum absolute atomic E-state index is 5.41. The van der Waals surface area contributed by atoms with Gasteiger partial charge in [-0.25, -0.2) is 0 Å². The zero-order valence-corrected chi connectivity index (χ0v) is 14.0. The van der Waals surface area contributed by atoms with E-state index in [1.165, 1.54) is 11.3 Å². The van der Waals surface area contributed by atoms with Crippen LogP contribution in [0.1, 0.15) is 5.76 Å². The lowest BCUT2D eigenvalue weighted by Crippen LogP contribution is -1.90. The van der Waals surface area contributed by atoms with Gasteiger partial charge in [0.2, 0.25) is 10.8 Å². The van der Waals surface area contributed by atoms with Crippen molar-refractivity contribution in [2.75, 3.05) is 0 Å². The first-order valence-corrected chi connectivity index (χ1v) is 8.77. The van der Waals surface area contributed by atoms with E-state index in [-0.39, 0.29) is 0 Å². The molecule has 5 heterocycles. The van der Waals surface area contributed by atoms with Crippen molar-refractivity contribution in [1.82, 2.24) is 25.0 Å². The van der Waals surface area contributed by atoms with Gasteiger partial charge >= 0.3 is 0 Å². The molecule has 0 radical (unpaired) electrons. The van der Waals surface area contributed by atoms with Crippen LogP contribution in [0, 0.1) is 6.92 Å². The van der Waals surface area contributed by atoms with E-state index in [0.717, 1.165) is 26.9 Å². The van der Waals surface area contributed by atoms with Crippen LogP contribution in [-0.2, 0) is 0 Å². The van der Waals surface area contributed by atoms with Crippen molar-refractivity contribution < 1.29 is 8.94 Å². The van der Waals surface area contributed by atoms with Crippen LogP contribution in [0.25, 0.3) is 37.7 Å². The molecule has 0 atom stereocenters. The molecule has 0 aliphatic heterocycles. The Bertz CT molecular complexity index is 1120. The van der Waals surface area contributed by atoms with Crippen molar-refractivity contribution in [3.05, 3.63) is 41.7 Å². The quantitative estimate of drug-likeness (QED) is 0.484. The van der Waals surface area contributed by atoms with E-state index < -0.39 is 0 Å². The predicted octanol–water partition coefficient (Wildman–Crippen LogP) is 4.14. The second kappa shape index (κ2) is 5.11. The van der Waals surface area contributed by atoms with Crippen molar-refractivity contribution in [2.24, 2.45) is 0 Å². The van der Waals surface area contributed by atoms with Gasteiger partial charge in [-0.1, -0.05) is 22.6 Å². The Kier molecular flexibility index (Phi) is 2.91. The Labute approximate surface area is 143 Å². The van der Waals surface area contributed by atoms with Crippen LogP contribution in [0.3, 0.4) is 0 Å². The molecule has 0 N–H and O–H groups in total. The summed E-state index contributed by atoms with van der Waals surface area (Å²) >= 11 is 3.05. The first kappa shape index (κ1) is 13.6. The van der Waals surface area contributed by atoms with Gasteiger partial charge in [0.1, 0.15) is 11.5 Å². The summed E-state index contributed by atoms with van der Waals surface area (Å²) in [6, 6.07) is 7.64. The summed E-state index contributed by atoms with van der Waals surface area (Å²) in [5.41, 5.74) is 1.69. The molecule has 0 unspecified atom stereocenters. The molecule has 0 amide bonds. The Balaban J connectivity index is 1.70. The monoisotopic (exact) mass is 355 g/mol. The molecule has 5 aromatic heterocycles. The van der Waals surface area contributed by atoms with Gasteiger partial charge in [0.15, 0.2) is 10.8 Å². The van der Waals surface area contributed by atoms with E-state index in [1.807, 2.05) is 36.6 Å². The SMILES string of the molecule is Cc1onc(-c2cccs2)c1-c1nn2c(-c3ccco3)nnc2s1. The van der Waals surface area contributed by atoms with E-state index in [9.17, 15) is 0 Å². The summed E-state index contributed by atoms with van der Waals surface area (Å²) < 4.78 is 12.5. The first-order valence-electron chi connectivity index (χ1n) is 7.08. The van der Waals surface area contributed by atoms with Gasteiger partial charge in [-0.3, -0.25) is 0 Å². The molecule has 5 aromatic rings.